The average Bonchev–Trinajstić information content (AvgIpc) is 2.15. The molecule has 0 aromatic rings. The number of carbonyl (C=O) groups excluding carboxylic acids is 1. The quantitative estimate of drug-likeness (QED) is 0.533. The van der Waals surface area contributed by atoms with Crippen molar-refractivity contribution in [1.82, 2.24) is 10.2 Å². The predicted octanol–water partition coefficient (Wildman–Crippen LogP) is 2.19. The van der Waals surface area contributed by atoms with Gasteiger partial charge in [-0.3, -0.25) is 9.69 Å². The summed E-state index contributed by atoms with van der Waals surface area (Å²) in [5.74, 6) is -0.0411. The van der Waals surface area contributed by atoms with Gasteiger partial charge in [-0.2, -0.15) is 0 Å². The number of nitrogens with one attached hydrogen (secondary N) is 1. The van der Waals surface area contributed by atoms with Gasteiger partial charge in [-0.15, -0.1) is 0 Å². The van der Waals surface area contributed by atoms with Crippen molar-refractivity contribution >= 4 is 5.91 Å². The molecule has 94 valence electrons. The van der Waals surface area contributed by atoms with Crippen LogP contribution in [0.3, 0.4) is 0 Å². The predicted molar refractivity (Wildman–Crippen MR) is 69.4 cm³/mol. The van der Waals surface area contributed by atoms with Crippen LogP contribution in [0.2, 0.25) is 0 Å². The van der Waals surface area contributed by atoms with E-state index in [1.54, 1.807) is 6.92 Å². The van der Waals surface area contributed by atoms with Crippen molar-refractivity contribution in [3.63, 3.8) is 0 Å². The minimum Gasteiger partial charge on any atom is -0.352 e. The molecule has 0 saturated heterocycles. The Kier molecular flexibility index (Phi) is 7.06. The lowest BCUT2D eigenvalue weighted by Crippen LogP contribution is -2.39. The Labute approximate surface area is 99.9 Å². The Hall–Kier alpha value is -0.830. The zero-order valence-electron chi connectivity index (χ0n) is 11.3. The van der Waals surface area contributed by atoms with E-state index in [-0.39, 0.29) is 5.91 Å². The zero-order valence-corrected chi connectivity index (χ0v) is 11.3. The molecule has 0 rings (SSSR count). The van der Waals surface area contributed by atoms with Crippen molar-refractivity contribution in [3.8, 4) is 0 Å². The van der Waals surface area contributed by atoms with Gasteiger partial charge in [-0.25, -0.2) is 0 Å². The molecular formula is C13H26N2O. The molecule has 0 aliphatic heterocycles. The zero-order chi connectivity index (χ0) is 12.7. The van der Waals surface area contributed by atoms with Gasteiger partial charge < -0.3 is 5.32 Å². The van der Waals surface area contributed by atoms with Gasteiger partial charge in [0.1, 0.15) is 0 Å². The van der Waals surface area contributed by atoms with Gasteiger partial charge in [-0.05, 0) is 41.0 Å². The minimum absolute atomic E-state index is 0.0411. The van der Waals surface area contributed by atoms with Crippen LogP contribution in [-0.2, 0) is 4.79 Å². The first-order chi connectivity index (χ1) is 7.36. The Morgan fingerprint density at radius 1 is 1.25 bits per heavy atom. The van der Waals surface area contributed by atoms with E-state index in [1.807, 2.05) is 0 Å². The molecule has 1 N–H and O–H groups in total. The number of hydrogen-bond donors (Lipinski definition) is 1. The van der Waals surface area contributed by atoms with E-state index in [0.29, 0.717) is 17.7 Å². The lowest BCUT2D eigenvalue weighted by Gasteiger charge is -2.30. The summed E-state index contributed by atoms with van der Waals surface area (Å²) in [5.41, 5.74) is 0.574. The Balaban J connectivity index is 3.79. The highest BCUT2D eigenvalue weighted by atomic mass is 16.1. The van der Waals surface area contributed by atoms with E-state index in [4.69, 9.17) is 0 Å². The highest BCUT2D eigenvalue weighted by Crippen LogP contribution is 2.05. The third-order valence-corrected chi connectivity index (χ3v) is 2.59. The number of rotatable bonds is 7. The molecule has 3 nitrogen and oxygen atoms in total. The SMILES string of the molecule is C=C(C)C(=O)NCCCN(C(C)C)C(C)C. The van der Waals surface area contributed by atoms with Crippen molar-refractivity contribution < 1.29 is 4.79 Å². The van der Waals surface area contributed by atoms with E-state index >= 15 is 0 Å². The first-order valence-electron chi connectivity index (χ1n) is 6.05. The van der Waals surface area contributed by atoms with E-state index < -0.39 is 0 Å². The fourth-order valence-corrected chi connectivity index (χ4v) is 1.73. The number of nitrogens with zero attached hydrogens (tertiary/aromatic N) is 1. The molecule has 0 atom stereocenters. The molecule has 0 unspecified atom stereocenters. The topological polar surface area (TPSA) is 32.3 Å². The number of carbonyl (C=O) groups is 1. The lowest BCUT2D eigenvalue weighted by molar-refractivity contribution is -0.117. The standard InChI is InChI=1S/C13H26N2O/c1-10(2)13(16)14-8-7-9-15(11(3)4)12(5)6/h11-12H,1,7-9H2,2-6H3,(H,14,16). The van der Waals surface area contributed by atoms with Crippen molar-refractivity contribution in [2.24, 2.45) is 0 Å². The molecule has 0 bridgehead atoms. The van der Waals surface area contributed by atoms with Gasteiger partial charge in [0.2, 0.25) is 5.91 Å². The largest absolute Gasteiger partial charge is 0.352 e. The molecule has 1 amide bonds. The van der Waals surface area contributed by atoms with Crippen molar-refractivity contribution in [3.05, 3.63) is 12.2 Å². The highest BCUT2D eigenvalue weighted by Gasteiger charge is 2.12. The molecule has 0 saturated carbocycles. The first-order valence-corrected chi connectivity index (χ1v) is 6.05. The summed E-state index contributed by atoms with van der Waals surface area (Å²) < 4.78 is 0. The summed E-state index contributed by atoms with van der Waals surface area (Å²) in [6.07, 6.45) is 0.982. The maximum absolute atomic E-state index is 11.2. The third kappa shape index (κ3) is 5.91. The fraction of sp³-hybridized carbons (Fsp3) is 0.769. The highest BCUT2D eigenvalue weighted by molar-refractivity contribution is 5.91. The van der Waals surface area contributed by atoms with Crippen LogP contribution in [0.25, 0.3) is 0 Å². The second-order valence-electron chi connectivity index (χ2n) is 4.82. The number of hydrogen-bond acceptors (Lipinski definition) is 2. The molecule has 0 fully saturated rings. The molecule has 0 aliphatic rings. The van der Waals surface area contributed by atoms with Crippen LogP contribution >= 0.6 is 0 Å². The second-order valence-corrected chi connectivity index (χ2v) is 4.82. The normalized spacial score (nSPS) is 11.2. The molecule has 0 aliphatic carbocycles. The molecule has 0 aromatic carbocycles. The van der Waals surface area contributed by atoms with Crippen LogP contribution in [0.4, 0.5) is 0 Å². The summed E-state index contributed by atoms with van der Waals surface area (Å²) in [4.78, 5) is 13.7. The summed E-state index contributed by atoms with van der Waals surface area (Å²) in [6.45, 7) is 15.9. The van der Waals surface area contributed by atoms with Crippen LogP contribution in [0, 0.1) is 0 Å². The summed E-state index contributed by atoms with van der Waals surface area (Å²) >= 11 is 0. The van der Waals surface area contributed by atoms with Crippen molar-refractivity contribution in [2.45, 2.75) is 53.1 Å². The summed E-state index contributed by atoms with van der Waals surface area (Å²) in [7, 11) is 0. The van der Waals surface area contributed by atoms with Crippen LogP contribution < -0.4 is 5.32 Å². The van der Waals surface area contributed by atoms with Crippen LogP contribution in [0.15, 0.2) is 12.2 Å². The van der Waals surface area contributed by atoms with Gasteiger partial charge in [-0.1, -0.05) is 6.58 Å². The van der Waals surface area contributed by atoms with Gasteiger partial charge >= 0.3 is 0 Å². The molecule has 16 heavy (non-hydrogen) atoms. The Morgan fingerprint density at radius 3 is 2.12 bits per heavy atom. The van der Waals surface area contributed by atoms with Gasteiger partial charge in [0.25, 0.3) is 0 Å². The van der Waals surface area contributed by atoms with Gasteiger partial charge in [0.05, 0.1) is 0 Å². The lowest BCUT2D eigenvalue weighted by atomic mass is 10.2. The fourth-order valence-electron chi connectivity index (χ4n) is 1.73. The maximum atomic E-state index is 11.2. The maximum Gasteiger partial charge on any atom is 0.246 e. The van der Waals surface area contributed by atoms with Gasteiger partial charge in [0.15, 0.2) is 0 Å². The summed E-state index contributed by atoms with van der Waals surface area (Å²) in [5, 5.41) is 2.85. The molecule has 0 spiro atoms. The van der Waals surface area contributed by atoms with E-state index in [9.17, 15) is 4.79 Å². The van der Waals surface area contributed by atoms with E-state index in [1.165, 1.54) is 0 Å². The van der Waals surface area contributed by atoms with Crippen LogP contribution in [0.1, 0.15) is 41.0 Å². The molecule has 0 radical (unpaired) electrons. The molecular weight excluding hydrogens is 200 g/mol. The smallest absolute Gasteiger partial charge is 0.246 e. The second kappa shape index (κ2) is 7.44. The molecule has 0 aromatic heterocycles. The molecule has 3 heteroatoms. The first kappa shape index (κ1) is 15.2. The Bertz CT molecular complexity index is 226. The van der Waals surface area contributed by atoms with Gasteiger partial charge in [0, 0.05) is 30.7 Å². The van der Waals surface area contributed by atoms with Crippen molar-refractivity contribution in [1.29, 1.82) is 0 Å². The monoisotopic (exact) mass is 226 g/mol. The Morgan fingerprint density at radius 2 is 1.75 bits per heavy atom. The average molecular weight is 226 g/mol. The summed E-state index contributed by atoms with van der Waals surface area (Å²) in [6, 6.07) is 1.11. The van der Waals surface area contributed by atoms with Crippen LogP contribution in [-0.4, -0.2) is 36.0 Å². The van der Waals surface area contributed by atoms with Crippen LogP contribution in [0.5, 0.6) is 0 Å². The molecule has 0 heterocycles. The van der Waals surface area contributed by atoms with E-state index in [0.717, 1.165) is 19.5 Å². The number of amides is 1. The minimum atomic E-state index is -0.0411. The van der Waals surface area contributed by atoms with E-state index in [2.05, 4.69) is 44.5 Å². The van der Waals surface area contributed by atoms with Crippen molar-refractivity contribution in [2.75, 3.05) is 13.1 Å². The third-order valence-electron chi connectivity index (χ3n) is 2.59.